The Balaban J connectivity index is 1.92. The van der Waals surface area contributed by atoms with Gasteiger partial charge in [-0.25, -0.2) is 9.18 Å². The Morgan fingerprint density at radius 3 is 2.76 bits per heavy atom. The summed E-state index contributed by atoms with van der Waals surface area (Å²) in [6.45, 7) is 0.184. The summed E-state index contributed by atoms with van der Waals surface area (Å²) < 4.78 is 13.8. The van der Waals surface area contributed by atoms with Crippen LogP contribution in [0, 0.1) is 17.7 Å². The van der Waals surface area contributed by atoms with Crippen molar-refractivity contribution in [3.63, 3.8) is 0 Å². The summed E-state index contributed by atoms with van der Waals surface area (Å²) in [5, 5.41) is 5.57. The lowest BCUT2D eigenvalue weighted by Crippen LogP contribution is -2.39. The molecule has 1 aliphatic carbocycles. The predicted octanol–water partition coefficient (Wildman–Crippen LogP) is 2.59. The normalized spacial score (nSPS) is 15.0. The van der Waals surface area contributed by atoms with Gasteiger partial charge in [0.25, 0.3) is 0 Å². The molecule has 0 radical (unpaired) electrons. The smallest absolute Gasteiger partial charge is 0.319 e. The third kappa shape index (κ3) is 4.76. The van der Waals surface area contributed by atoms with Crippen LogP contribution in [0.4, 0.5) is 14.9 Å². The van der Waals surface area contributed by atoms with Crippen molar-refractivity contribution in [1.82, 2.24) is 5.32 Å². The van der Waals surface area contributed by atoms with Crippen molar-refractivity contribution in [1.29, 1.82) is 0 Å². The summed E-state index contributed by atoms with van der Waals surface area (Å²) in [5.74, 6) is 4.77. The fraction of sp³-hybridized carbons (Fsp3) is 0.438. The van der Waals surface area contributed by atoms with E-state index >= 15 is 0 Å². The molecule has 0 bridgehead atoms. The summed E-state index contributed by atoms with van der Waals surface area (Å²) in [5.41, 5.74) is 5.94. The van der Waals surface area contributed by atoms with Crippen LogP contribution in [-0.2, 0) is 0 Å². The molecule has 2 amide bonds. The van der Waals surface area contributed by atoms with E-state index in [0.29, 0.717) is 5.69 Å². The molecule has 0 unspecified atom stereocenters. The van der Waals surface area contributed by atoms with E-state index in [1.807, 2.05) is 0 Å². The van der Waals surface area contributed by atoms with Gasteiger partial charge < -0.3 is 16.4 Å². The molecule has 0 heterocycles. The number of anilines is 1. The number of hydrogen-bond acceptors (Lipinski definition) is 2. The van der Waals surface area contributed by atoms with Crippen LogP contribution in [0.5, 0.6) is 0 Å². The average molecular weight is 289 g/mol. The zero-order valence-electron chi connectivity index (χ0n) is 11.9. The van der Waals surface area contributed by atoms with E-state index < -0.39 is 5.82 Å². The van der Waals surface area contributed by atoms with Crippen LogP contribution >= 0.6 is 0 Å². The molecule has 1 aromatic carbocycles. The Bertz CT molecular complexity index is 556. The Kier molecular flexibility index (Phi) is 5.59. The Morgan fingerprint density at radius 2 is 2.10 bits per heavy atom. The summed E-state index contributed by atoms with van der Waals surface area (Å²) >= 11 is 0. The largest absolute Gasteiger partial charge is 0.335 e. The lowest BCUT2D eigenvalue weighted by atomic mass is 9.96. The van der Waals surface area contributed by atoms with Gasteiger partial charge in [-0.05, 0) is 31.0 Å². The second kappa shape index (κ2) is 7.65. The van der Waals surface area contributed by atoms with Crippen molar-refractivity contribution >= 4 is 11.7 Å². The first-order valence-corrected chi connectivity index (χ1v) is 7.25. The lowest BCUT2D eigenvalue weighted by molar-refractivity contribution is 0.244. The maximum absolute atomic E-state index is 13.8. The third-order valence-electron chi connectivity index (χ3n) is 3.49. The standard InChI is InChI=1S/C16H20FN3O/c17-15-11-14(9-8-12(15)5-4-10-18)20-16(21)19-13-6-2-1-3-7-13/h8-9,11,13H,1-3,6-7,10,18H2,(H2,19,20,21). The number of nitrogens with two attached hydrogens (primary N) is 1. The fourth-order valence-electron chi connectivity index (χ4n) is 2.44. The molecule has 1 aliphatic rings. The van der Waals surface area contributed by atoms with E-state index in [0.717, 1.165) is 25.7 Å². The van der Waals surface area contributed by atoms with Gasteiger partial charge in [0.15, 0.2) is 0 Å². The first-order valence-electron chi connectivity index (χ1n) is 7.25. The molecule has 0 spiro atoms. The maximum Gasteiger partial charge on any atom is 0.319 e. The lowest BCUT2D eigenvalue weighted by Gasteiger charge is -2.22. The zero-order chi connectivity index (χ0) is 15.1. The van der Waals surface area contributed by atoms with E-state index in [4.69, 9.17) is 5.73 Å². The first-order chi connectivity index (χ1) is 10.2. The van der Waals surface area contributed by atoms with Gasteiger partial charge in [0, 0.05) is 11.7 Å². The van der Waals surface area contributed by atoms with E-state index in [-0.39, 0.29) is 24.2 Å². The van der Waals surface area contributed by atoms with E-state index in [1.54, 1.807) is 6.07 Å². The molecule has 21 heavy (non-hydrogen) atoms. The minimum atomic E-state index is -0.466. The Morgan fingerprint density at radius 1 is 1.33 bits per heavy atom. The van der Waals surface area contributed by atoms with Crippen LogP contribution in [0.25, 0.3) is 0 Å². The van der Waals surface area contributed by atoms with Gasteiger partial charge in [-0.3, -0.25) is 0 Å². The number of urea groups is 1. The number of amides is 2. The summed E-state index contributed by atoms with van der Waals surface area (Å²) in [6.07, 6.45) is 5.54. The van der Waals surface area contributed by atoms with Gasteiger partial charge in [-0.1, -0.05) is 31.1 Å². The van der Waals surface area contributed by atoms with Crippen LogP contribution in [0.2, 0.25) is 0 Å². The number of carbonyl (C=O) groups is 1. The maximum atomic E-state index is 13.8. The molecule has 0 atom stereocenters. The van der Waals surface area contributed by atoms with Gasteiger partial charge in [0.1, 0.15) is 5.82 Å². The van der Waals surface area contributed by atoms with Gasteiger partial charge in [-0.15, -0.1) is 0 Å². The molecule has 1 fully saturated rings. The highest BCUT2D eigenvalue weighted by atomic mass is 19.1. The van der Waals surface area contributed by atoms with Crippen LogP contribution < -0.4 is 16.4 Å². The highest BCUT2D eigenvalue weighted by Crippen LogP contribution is 2.18. The molecule has 5 heteroatoms. The average Bonchev–Trinajstić information content (AvgIpc) is 2.47. The predicted molar refractivity (Wildman–Crippen MR) is 81.4 cm³/mol. The number of benzene rings is 1. The second-order valence-corrected chi connectivity index (χ2v) is 5.13. The van der Waals surface area contributed by atoms with Crippen molar-refractivity contribution in [2.24, 2.45) is 5.73 Å². The van der Waals surface area contributed by atoms with Gasteiger partial charge in [0.05, 0.1) is 12.1 Å². The van der Waals surface area contributed by atoms with Crippen LogP contribution in [-0.4, -0.2) is 18.6 Å². The number of rotatable bonds is 2. The summed E-state index contributed by atoms with van der Waals surface area (Å²) in [6, 6.07) is 4.36. The highest BCUT2D eigenvalue weighted by Gasteiger charge is 2.15. The Labute approximate surface area is 124 Å². The van der Waals surface area contributed by atoms with E-state index in [9.17, 15) is 9.18 Å². The van der Waals surface area contributed by atoms with Gasteiger partial charge in [-0.2, -0.15) is 0 Å². The molecule has 112 valence electrons. The first kappa shape index (κ1) is 15.3. The van der Waals surface area contributed by atoms with E-state index in [2.05, 4.69) is 22.5 Å². The summed E-state index contributed by atoms with van der Waals surface area (Å²) in [7, 11) is 0. The number of carbonyl (C=O) groups excluding carboxylic acids is 1. The molecule has 4 N–H and O–H groups in total. The quantitative estimate of drug-likeness (QED) is 0.733. The number of halogens is 1. The van der Waals surface area contributed by atoms with Crippen LogP contribution in [0.3, 0.4) is 0 Å². The minimum Gasteiger partial charge on any atom is -0.335 e. The molecular weight excluding hydrogens is 269 g/mol. The fourth-order valence-corrected chi connectivity index (χ4v) is 2.44. The van der Waals surface area contributed by atoms with Crippen LogP contribution in [0.1, 0.15) is 37.7 Å². The molecule has 1 saturated carbocycles. The molecule has 1 aromatic rings. The van der Waals surface area contributed by atoms with Crippen molar-refractivity contribution in [3.8, 4) is 11.8 Å². The number of hydrogen-bond donors (Lipinski definition) is 3. The Hall–Kier alpha value is -2.06. The van der Waals surface area contributed by atoms with Crippen molar-refractivity contribution < 1.29 is 9.18 Å². The zero-order valence-corrected chi connectivity index (χ0v) is 11.9. The monoisotopic (exact) mass is 289 g/mol. The second-order valence-electron chi connectivity index (χ2n) is 5.13. The minimum absolute atomic E-state index is 0.184. The molecule has 0 aromatic heterocycles. The molecule has 0 saturated heterocycles. The molecule has 0 aliphatic heterocycles. The van der Waals surface area contributed by atoms with E-state index in [1.165, 1.54) is 18.6 Å². The SMILES string of the molecule is NCC#Cc1ccc(NC(=O)NC2CCCCC2)cc1F. The van der Waals surface area contributed by atoms with Crippen molar-refractivity contribution in [3.05, 3.63) is 29.6 Å². The molecular formula is C16H20FN3O. The molecule has 2 rings (SSSR count). The van der Waals surface area contributed by atoms with Crippen LogP contribution in [0.15, 0.2) is 18.2 Å². The number of nitrogens with one attached hydrogen (secondary N) is 2. The van der Waals surface area contributed by atoms with Gasteiger partial charge >= 0.3 is 6.03 Å². The third-order valence-corrected chi connectivity index (χ3v) is 3.49. The molecule has 4 nitrogen and oxygen atoms in total. The van der Waals surface area contributed by atoms with Gasteiger partial charge in [0.2, 0.25) is 0 Å². The highest BCUT2D eigenvalue weighted by molar-refractivity contribution is 5.89. The van der Waals surface area contributed by atoms with Crippen molar-refractivity contribution in [2.45, 2.75) is 38.1 Å². The topological polar surface area (TPSA) is 67.1 Å². The summed E-state index contributed by atoms with van der Waals surface area (Å²) in [4.78, 5) is 11.9. The van der Waals surface area contributed by atoms with Crippen molar-refractivity contribution in [2.75, 3.05) is 11.9 Å².